The van der Waals surface area contributed by atoms with Crippen molar-refractivity contribution in [3.63, 3.8) is 0 Å². The standard InChI is InChI=1S/C24H32N2O4/c1-6-18(3)25-24(28)19(4)26(15-20-12-8-7-11-17(20)2)23(27)16-30-22-14-10-9-13-21(22)29-5/h7-14,18-19H,6,15-16H2,1-5H3,(H,25,28)/t18-,19-/m1/s1. The summed E-state index contributed by atoms with van der Waals surface area (Å²) in [4.78, 5) is 27.4. The van der Waals surface area contributed by atoms with Crippen LogP contribution in [0.3, 0.4) is 0 Å². The summed E-state index contributed by atoms with van der Waals surface area (Å²) in [6.07, 6.45) is 0.821. The van der Waals surface area contributed by atoms with Crippen LogP contribution in [0.5, 0.6) is 11.5 Å². The van der Waals surface area contributed by atoms with E-state index in [0.29, 0.717) is 18.0 Å². The minimum atomic E-state index is -0.632. The number of rotatable bonds is 10. The van der Waals surface area contributed by atoms with Gasteiger partial charge in [0.15, 0.2) is 18.1 Å². The normalized spacial score (nSPS) is 12.6. The zero-order valence-corrected chi connectivity index (χ0v) is 18.5. The van der Waals surface area contributed by atoms with E-state index >= 15 is 0 Å². The van der Waals surface area contributed by atoms with Crippen LogP contribution in [0.2, 0.25) is 0 Å². The molecule has 0 unspecified atom stereocenters. The molecule has 2 amide bonds. The molecule has 2 atom stereocenters. The number of carbonyl (C=O) groups is 2. The van der Waals surface area contributed by atoms with Crippen molar-refractivity contribution >= 4 is 11.8 Å². The van der Waals surface area contributed by atoms with Gasteiger partial charge in [-0.05, 0) is 50.5 Å². The molecule has 0 bridgehead atoms. The van der Waals surface area contributed by atoms with Gasteiger partial charge < -0.3 is 19.7 Å². The second-order valence-electron chi connectivity index (χ2n) is 7.38. The topological polar surface area (TPSA) is 67.9 Å². The molecule has 1 N–H and O–H groups in total. The minimum Gasteiger partial charge on any atom is -0.493 e. The second-order valence-corrected chi connectivity index (χ2v) is 7.38. The molecule has 2 rings (SSSR count). The van der Waals surface area contributed by atoms with Gasteiger partial charge in [-0.2, -0.15) is 0 Å². The van der Waals surface area contributed by atoms with Crippen LogP contribution in [0, 0.1) is 6.92 Å². The molecular weight excluding hydrogens is 380 g/mol. The van der Waals surface area contributed by atoms with Crippen molar-refractivity contribution in [3.05, 3.63) is 59.7 Å². The number of para-hydroxylation sites is 2. The maximum absolute atomic E-state index is 13.1. The highest BCUT2D eigenvalue weighted by Gasteiger charge is 2.27. The van der Waals surface area contributed by atoms with E-state index in [1.807, 2.05) is 57.2 Å². The maximum Gasteiger partial charge on any atom is 0.261 e. The summed E-state index contributed by atoms with van der Waals surface area (Å²) >= 11 is 0. The Bertz CT molecular complexity index is 853. The Hall–Kier alpha value is -3.02. The Morgan fingerprint density at radius 1 is 1.03 bits per heavy atom. The first-order chi connectivity index (χ1) is 14.4. The lowest BCUT2D eigenvalue weighted by atomic mass is 10.1. The van der Waals surface area contributed by atoms with Crippen molar-refractivity contribution in [3.8, 4) is 11.5 Å². The fourth-order valence-corrected chi connectivity index (χ4v) is 2.98. The first-order valence-corrected chi connectivity index (χ1v) is 10.3. The Kier molecular flexibility index (Phi) is 8.71. The second kappa shape index (κ2) is 11.2. The third kappa shape index (κ3) is 6.24. The van der Waals surface area contributed by atoms with E-state index in [9.17, 15) is 9.59 Å². The van der Waals surface area contributed by atoms with Crippen molar-refractivity contribution in [1.82, 2.24) is 10.2 Å². The molecule has 2 aromatic carbocycles. The van der Waals surface area contributed by atoms with Crippen molar-refractivity contribution < 1.29 is 19.1 Å². The summed E-state index contributed by atoms with van der Waals surface area (Å²) in [6, 6.07) is 14.4. The van der Waals surface area contributed by atoms with Crippen LogP contribution in [-0.2, 0) is 16.1 Å². The molecule has 0 heterocycles. The molecule has 0 saturated heterocycles. The van der Waals surface area contributed by atoms with Gasteiger partial charge >= 0.3 is 0 Å². The number of nitrogens with zero attached hydrogens (tertiary/aromatic N) is 1. The number of nitrogens with one attached hydrogen (secondary N) is 1. The third-order valence-corrected chi connectivity index (χ3v) is 5.19. The van der Waals surface area contributed by atoms with Crippen molar-refractivity contribution in [2.45, 2.75) is 52.7 Å². The predicted octanol–water partition coefficient (Wildman–Crippen LogP) is 3.71. The molecule has 6 heteroatoms. The van der Waals surface area contributed by atoms with E-state index in [1.165, 1.54) is 0 Å². The molecule has 2 aromatic rings. The monoisotopic (exact) mass is 412 g/mol. The number of hydrogen-bond acceptors (Lipinski definition) is 4. The zero-order valence-electron chi connectivity index (χ0n) is 18.5. The lowest BCUT2D eigenvalue weighted by Gasteiger charge is -2.30. The summed E-state index contributed by atoms with van der Waals surface area (Å²) < 4.78 is 11.0. The molecular formula is C24H32N2O4. The smallest absolute Gasteiger partial charge is 0.261 e. The summed E-state index contributed by atoms with van der Waals surface area (Å²) in [5.74, 6) is 0.596. The lowest BCUT2D eigenvalue weighted by molar-refractivity contribution is -0.142. The molecule has 0 saturated carbocycles. The highest BCUT2D eigenvalue weighted by Crippen LogP contribution is 2.26. The summed E-state index contributed by atoms with van der Waals surface area (Å²) in [5, 5.41) is 2.96. The average molecular weight is 413 g/mol. The molecule has 0 aromatic heterocycles. The van der Waals surface area contributed by atoms with Crippen LogP contribution in [0.15, 0.2) is 48.5 Å². The third-order valence-electron chi connectivity index (χ3n) is 5.19. The van der Waals surface area contributed by atoms with E-state index in [0.717, 1.165) is 17.5 Å². The molecule has 0 radical (unpaired) electrons. The minimum absolute atomic E-state index is 0.0418. The molecule has 0 fully saturated rings. The van der Waals surface area contributed by atoms with E-state index < -0.39 is 6.04 Å². The van der Waals surface area contributed by atoms with E-state index in [1.54, 1.807) is 31.1 Å². The maximum atomic E-state index is 13.1. The van der Waals surface area contributed by atoms with Crippen LogP contribution in [0.4, 0.5) is 0 Å². The number of ether oxygens (including phenoxy) is 2. The molecule has 162 valence electrons. The first kappa shape index (κ1) is 23.3. The first-order valence-electron chi connectivity index (χ1n) is 10.3. The zero-order chi connectivity index (χ0) is 22.1. The molecule has 0 aliphatic carbocycles. The van der Waals surface area contributed by atoms with Gasteiger partial charge in [0.25, 0.3) is 5.91 Å². The fraction of sp³-hybridized carbons (Fsp3) is 0.417. The summed E-state index contributed by atoms with van der Waals surface area (Å²) in [7, 11) is 1.55. The van der Waals surface area contributed by atoms with Gasteiger partial charge in [-0.1, -0.05) is 43.3 Å². The molecule has 6 nitrogen and oxygen atoms in total. The Morgan fingerprint density at radius 2 is 1.67 bits per heavy atom. The molecule has 0 aliphatic rings. The highest BCUT2D eigenvalue weighted by atomic mass is 16.5. The van der Waals surface area contributed by atoms with Crippen molar-refractivity contribution in [1.29, 1.82) is 0 Å². The average Bonchev–Trinajstić information content (AvgIpc) is 2.76. The molecule has 0 spiro atoms. The Morgan fingerprint density at radius 3 is 2.30 bits per heavy atom. The van der Waals surface area contributed by atoms with Crippen LogP contribution < -0.4 is 14.8 Å². The predicted molar refractivity (Wildman–Crippen MR) is 118 cm³/mol. The van der Waals surface area contributed by atoms with Crippen LogP contribution >= 0.6 is 0 Å². The number of carbonyl (C=O) groups excluding carboxylic acids is 2. The molecule has 30 heavy (non-hydrogen) atoms. The number of aryl methyl sites for hydroxylation is 1. The number of methoxy groups -OCH3 is 1. The quantitative estimate of drug-likeness (QED) is 0.646. The largest absolute Gasteiger partial charge is 0.493 e. The van der Waals surface area contributed by atoms with Crippen LogP contribution in [-0.4, -0.2) is 42.5 Å². The van der Waals surface area contributed by atoms with E-state index in [4.69, 9.17) is 9.47 Å². The van der Waals surface area contributed by atoms with Crippen molar-refractivity contribution in [2.24, 2.45) is 0 Å². The van der Waals surface area contributed by atoms with E-state index in [-0.39, 0.29) is 24.5 Å². The van der Waals surface area contributed by atoms with Crippen LogP contribution in [0.25, 0.3) is 0 Å². The number of hydrogen-bond donors (Lipinski definition) is 1. The Balaban J connectivity index is 2.19. The lowest BCUT2D eigenvalue weighted by Crippen LogP contribution is -2.50. The Labute approximate surface area is 179 Å². The van der Waals surface area contributed by atoms with Gasteiger partial charge in [-0.3, -0.25) is 9.59 Å². The van der Waals surface area contributed by atoms with Gasteiger partial charge in [0.2, 0.25) is 5.91 Å². The van der Waals surface area contributed by atoms with Crippen LogP contribution in [0.1, 0.15) is 38.3 Å². The fourth-order valence-electron chi connectivity index (χ4n) is 2.98. The van der Waals surface area contributed by atoms with Gasteiger partial charge in [-0.25, -0.2) is 0 Å². The summed E-state index contributed by atoms with van der Waals surface area (Å²) in [5.41, 5.74) is 2.06. The molecule has 0 aliphatic heterocycles. The SMILES string of the molecule is CC[C@@H](C)NC(=O)[C@@H](C)N(Cc1ccccc1C)C(=O)COc1ccccc1OC. The van der Waals surface area contributed by atoms with E-state index in [2.05, 4.69) is 5.32 Å². The van der Waals surface area contributed by atoms with Gasteiger partial charge in [0.05, 0.1) is 7.11 Å². The van der Waals surface area contributed by atoms with Gasteiger partial charge in [0.1, 0.15) is 6.04 Å². The van der Waals surface area contributed by atoms with Gasteiger partial charge in [0, 0.05) is 12.6 Å². The van der Waals surface area contributed by atoms with Crippen molar-refractivity contribution in [2.75, 3.05) is 13.7 Å². The van der Waals surface area contributed by atoms with Gasteiger partial charge in [-0.15, -0.1) is 0 Å². The number of amides is 2. The summed E-state index contributed by atoms with van der Waals surface area (Å²) in [6.45, 7) is 7.84. The highest BCUT2D eigenvalue weighted by molar-refractivity contribution is 5.88. The number of benzene rings is 2.